The van der Waals surface area contributed by atoms with Gasteiger partial charge >= 0.3 is 0 Å². The van der Waals surface area contributed by atoms with E-state index in [1.54, 1.807) is 47.9 Å². The van der Waals surface area contributed by atoms with E-state index in [0.29, 0.717) is 54.7 Å². The Bertz CT molecular complexity index is 1430. The van der Waals surface area contributed by atoms with Crippen molar-refractivity contribution in [2.24, 2.45) is 7.05 Å². The molecule has 2 aromatic carbocycles. The highest BCUT2D eigenvalue weighted by atomic mass is 16.5. The molecule has 2 aliphatic heterocycles. The third-order valence-corrected chi connectivity index (χ3v) is 7.28. The zero-order valence-electron chi connectivity index (χ0n) is 23.8. The smallest absolute Gasteiger partial charge is 0.274 e. The molecule has 0 radical (unpaired) electrons. The largest absolute Gasteiger partial charge is 0.494 e. The fraction of sp³-hybridized carbons (Fsp3) is 0.400. The number of ether oxygens (including phenoxy) is 3. The summed E-state index contributed by atoms with van der Waals surface area (Å²) in [6.45, 7) is 5.00. The number of likely N-dealkylation sites (N-methyl/N-ethyl adjacent to an activating group) is 1. The van der Waals surface area contributed by atoms with Gasteiger partial charge in [-0.1, -0.05) is 12.1 Å². The van der Waals surface area contributed by atoms with Crippen LogP contribution in [-0.2, 0) is 23.2 Å². The molecule has 1 saturated heterocycles. The predicted molar refractivity (Wildman–Crippen MR) is 150 cm³/mol. The van der Waals surface area contributed by atoms with Gasteiger partial charge in [-0.05, 0) is 56.2 Å². The van der Waals surface area contributed by atoms with E-state index in [2.05, 4.69) is 10.4 Å². The van der Waals surface area contributed by atoms with Gasteiger partial charge in [0.05, 0.1) is 31.9 Å². The molecule has 216 valence electrons. The Labute approximate surface area is 239 Å². The van der Waals surface area contributed by atoms with Crippen molar-refractivity contribution < 1.29 is 28.6 Å². The molecule has 3 amide bonds. The number of nitrogens with zero attached hydrogens (tertiary/aromatic N) is 4. The van der Waals surface area contributed by atoms with E-state index in [1.165, 1.54) is 4.90 Å². The molecule has 0 unspecified atom stereocenters. The van der Waals surface area contributed by atoms with E-state index in [1.807, 2.05) is 38.1 Å². The van der Waals surface area contributed by atoms with Gasteiger partial charge in [-0.3, -0.25) is 19.1 Å². The highest BCUT2D eigenvalue weighted by Crippen LogP contribution is 2.29. The summed E-state index contributed by atoms with van der Waals surface area (Å²) in [6.07, 6.45) is 0.187. The van der Waals surface area contributed by atoms with Crippen LogP contribution in [0.2, 0.25) is 0 Å². The van der Waals surface area contributed by atoms with E-state index < -0.39 is 6.04 Å². The average molecular weight is 562 g/mol. The number of carbonyl (C=O) groups excluding carboxylic acids is 3. The van der Waals surface area contributed by atoms with Gasteiger partial charge in [-0.2, -0.15) is 5.10 Å². The Hall–Kier alpha value is -4.38. The highest BCUT2D eigenvalue weighted by molar-refractivity contribution is 5.97. The summed E-state index contributed by atoms with van der Waals surface area (Å²) >= 11 is 0. The summed E-state index contributed by atoms with van der Waals surface area (Å²) < 4.78 is 19.7. The van der Waals surface area contributed by atoms with Crippen molar-refractivity contribution >= 4 is 17.7 Å². The average Bonchev–Trinajstić information content (AvgIpc) is 3.28. The van der Waals surface area contributed by atoms with Crippen LogP contribution in [0, 0.1) is 6.92 Å². The van der Waals surface area contributed by atoms with E-state index in [0.717, 1.165) is 11.3 Å². The van der Waals surface area contributed by atoms with Crippen molar-refractivity contribution in [2.75, 3.05) is 33.3 Å². The number of rotatable bonds is 3. The van der Waals surface area contributed by atoms with Crippen molar-refractivity contribution in [2.45, 2.75) is 39.0 Å². The minimum absolute atomic E-state index is 0.177. The molecule has 0 aliphatic carbocycles. The van der Waals surface area contributed by atoms with Crippen LogP contribution in [-0.4, -0.2) is 82.7 Å². The first kappa shape index (κ1) is 28.2. The number of nitrogens with one attached hydrogen (secondary N) is 1. The van der Waals surface area contributed by atoms with Crippen LogP contribution in [0.15, 0.2) is 48.5 Å². The molecular formula is C30H35N5O6. The maximum Gasteiger partial charge on any atom is 0.274 e. The summed E-state index contributed by atoms with van der Waals surface area (Å²) in [5.41, 5.74) is 2.46. The molecule has 0 saturated carbocycles. The molecule has 5 rings (SSSR count). The second kappa shape index (κ2) is 12.0. The molecule has 4 bridgehead atoms. The number of benzene rings is 2. The molecule has 41 heavy (non-hydrogen) atoms. The minimum atomic E-state index is -0.478. The number of likely N-dealkylation sites (tertiary alicyclic amines) is 1. The third-order valence-electron chi connectivity index (χ3n) is 7.28. The summed E-state index contributed by atoms with van der Waals surface area (Å²) in [7, 11) is 3.36. The first-order chi connectivity index (χ1) is 19.7. The van der Waals surface area contributed by atoms with Gasteiger partial charge in [0.1, 0.15) is 17.2 Å². The highest BCUT2D eigenvalue weighted by Gasteiger charge is 2.35. The van der Waals surface area contributed by atoms with Crippen LogP contribution in [0.5, 0.6) is 17.2 Å². The minimum Gasteiger partial charge on any atom is -0.494 e. The normalized spacial score (nSPS) is 19.7. The second-order valence-electron chi connectivity index (χ2n) is 10.4. The van der Waals surface area contributed by atoms with E-state index in [4.69, 9.17) is 14.2 Å². The predicted octanol–water partition coefficient (Wildman–Crippen LogP) is 2.92. The van der Waals surface area contributed by atoms with E-state index in [9.17, 15) is 14.4 Å². The Morgan fingerprint density at radius 2 is 1.95 bits per heavy atom. The van der Waals surface area contributed by atoms with Gasteiger partial charge in [0, 0.05) is 44.5 Å². The number of hydrogen-bond acceptors (Lipinski definition) is 7. The Morgan fingerprint density at radius 3 is 2.71 bits per heavy atom. The van der Waals surface area contributed by atoms with Crippen molar-refractivity contribution in [1.82, 2.24) is 24.9 Å². The summed E-state index contributed by atoms with van der Waals surface area (Å²) in [4.78, 5) is 42.8. The Morgan fingerprint density at radius 1 is 1.12 bits per heavy atom. The molecule has 0 spiro atoms. The SMILES string of the molecule is CCOc1cc2cc(c1)C(=O)N(C)CC(=O)N[C@H]1CN(C(=O)c3cc(C)n(C)n3)CC[C@H]1OCc1cccc(c1)O2. The first-order valence-corrected chi connectivity index (χ1v) is 13.7. The zero-order valence-corrected chi connectivity index (χ0v) is 23.8. The second-order valence-corrected chi connectivity index (χ2v) is 10.4. The van der Waals surface area contributed by atoms with Crippen LogP contribution in [0.1, 0.15) is 45.4 Å². The number of aromatic nitrogens is 2. The van der Waals surface area contributed by atoms with Gasteiger partial charge in [0.15, 0.2) is 5.69 Å². The topological polar surface area (TPSA) is 115 Å². The lowest BCUT2D eigenvalue weighted by atomic mass is 10.0. The van der Waals surface area contributed by atoms with Crippen LogP contribution in [0.4, 0.5) is 0 Å². The van der Waals surface area contributed by atoms with Gasteiger partial charge in [0.2, 0.25) is 5.91 Å². The number of amides is 3. The molecule has 2 atom stereocenters. The maximum absolute atomic E-state index is 13.3. The van der Waals surface area contributed by atoms with Crippen molar-refractivity contribution in [3.63, 3.8) is 0 Å². The fourth-order valence-corrected chi connectivity index (χ4v) is 5.08. The van der Waals surface area contributed by atoms with Crippen molar-refractivity contribution in [3.8, 4) is 17.2 Å². The number of aryl methyl sites for hydroxylation is 2. The van der Waals surface area contributed by atoms with E-state index >= 15 is 0 Å². The lowest BCUT2D eigenvalue weighted by Crippen LogP contribution is -2.58. The molecule has 2 aliphatic rings. The number of fused-ring (bicyclic) bond motifs is 5. The molecule has 11 heteroatoms. The molecular weight excluding hydrogens is 526 g/mol. The lowest BCUT2D eigenvalue weighted by molar-refractivity contribution is -0.124. The van der Waals surface area contributed by atoms with Gasteiger partial charge in [-0.25, -0.2) is 0 Å². The van der Waals surface area contributed by atoms with Gasteiger partial charge < -0.3 is 29.3 Å². The maximum atomic E-state index is 13.3. The molecule has 3 heterocycles. The number of carbonyl (C=O) groups is 3. The van der Waals surface area contributed by atoms with Crippen LogP contribution in [0.3, 0.4) is 0 Å². The monoisotopic (exact) mass is 561 g/mol. The number of piperidine rings is 1. The molecule has 1 aromatic heterocycles. The Kier molecular flexibility index (Phi) is 8.25. The quantitative estimate of drug-likeness (QED) is 0.523. The van der Waals surface area contributed by atoms with E-state index in [-0.39, 0.29) is 36.9 Å². The lowest BCUT2D eigenvalue weighted by Gasteiger charge is -2.38. The molecule has 1 fully saturated rings. The first-order valence-electron chi connectivity index (χ1n) is 13.7. The van der Waals surface area contributed by atoms with Crippen molar-refractivity contribution in [3.05, 3.63) is 71.0 Å². The van der Waals surface area contributed by atoms with Crippen molar-refractivity contribution in [1.29, 1.82) is 0 Å². The van der Waals surface area contributed by atoms with Gasteiger partial charge in [0.25, 0.3) is 11.8 Å². The summed E-state index contributed by atoms with van der Waals surface area (Å²) in [5, 5.41) is 7.35. The summed E-state index contributed by atoms with van der Waals surface area (Å²) in [5.74, 6) is 0.623. The summed E-state index contributed by atoms with van der Waals surface area (Å²) in [6, 6.07) is 13.8. The van der Waals surface area contributed by atoms with Crippen LogP contribution >= 0.6 is 0 Å². The standard InChI is InChI=1S/C30H35N5O6/c1-5-39-23-13-21-14-24(15-23)41-22-8-6-7-20(12-22)18-40-27-9-10-35(30(38)25-11-19(2)34(4)32-25)16-26(27)31-28(36)17-33(3)29(21)37/h6-8,11-15,26-27H,5,9-10,16-18H2,1-4H3,(H,31,36)/t26-,27+/m0/s1. The zero-order chi connectivity index (χ0) is 29.1. The van der Waals surface area contributed by atoms with Crippen LogP contribution in [0.25, 0.3) is 0 Å². The number of hydrogen-bond donors (Lipinski definition) is 1. The Balaban J connectivity index is 1.42. The fourth-order valence-electron chi connectivity index (χ4n) is 5.08. The van der Waals surface area contributed by atoms with Gasteiger partial charge in [-0.15, -0.1) is 0 Å². The molecule has 11 nitrogen and oxygen atoms in total. The van der Waals surface area contributed by atoms with Crippen LogP contribution < -0.4 is 14.8 Å². The molecule has 3 aromatic rings. The third kappa shape index (κ3) is 6.51. The molecule has 1 N–H and O–H groups in total.